The number of hydrogen-bond donors (Lipinski definition) is 0. The fourth-order valence-corrected chi connectivity index (χ4v) is 0. The molecule has 0 saturated heterocycles. The van der Waals surface area contributed by atoms with Gasteiger partial charge in [-0.1, -0.05) is 0 Å². The second-order valence-electron chi connectivity index (χ2n) is 0. The van der Waals surface area contributed by atoms with Crippen molar-refractivity contribution in [1.29, 1.82) is 0 Å². The van der Waals surface area contributed by atoms with Crippen LogP contribution in [0.1, 0.15) is 0 Å². The van der Waals surface area contributed by atoms with Gasteiger partial charge in [-0.25, -0.2) is 0 Å². The summed E-state index contributed by atoms with van der Waals surface area (Å²) in [5.41, 5.74) is 0. The average molecular weight is 362 g/mol. The average Bonchev–Trinajstić information content (AvgIpc) is 0. The summed E-state index contributed by atoms with van der Waals surface area (Å²) in [5, 5.41) is 0. The van der Waals surface area contributed by atoms with Crippen LogP contribution in [0.15, 0.2) is 0 Å². The molecule has 0 rings (SSSR count). The van der Waals surface area contributed by atoms with Crippen molar-refractivity contribution >= 4 is 0 Å². The van der Waals surface area contributed by atoms with E-state index in [1.165, 1.54) is 0 Å². The minimum Gasteiger partial charge on any atom is -2.00 e. The Balaban J connectivity index is 0. The van der Waals surface area contributed by atoms with E-state index in [4.69, 9.17) is 0 Å². The summed E-state index contributed by atoms with van der Waals surface area (Å²) in [5.74, 6) is 0. The summed E-state index contributed by atoms with van der Waals surface area (Å²) < 4.78 is 0. The van der Waals surface area contributed by atoms with Gasteiger partial charge in [0.25, 0.3) is 0 Å². The van der Waals surface area contributed by atoms with Gasteiger partial charge in [0.1, 0.15) is 0 Å². The molecule has 0 N–H and O–H groups in total. The SMILES string of the molecule is [Cs+].[O-2].[O-2].[O-2].[Ta+5]. The summed E-state index contributed by atoms with van der Waals surface area (Å²) in [4.78, 5) is 0. The molecule has 0 atom stereocenters. The Bertz CT molecular complexity index is 6.85. The molecule has 0 aliphatic rings. The first-order valence-electron chi connectivity index (χ1n) is 0. The fourth-order valence-electron chi connectivity index (χ4n) is 0. The molecule has 0 bridgehead atoms. The van der Waals surface area contributed by atoms with Crippen molar-refractivity contribution in [1.82, 2.24) is 0 Å². The fraction of sp³-hybridized carbons (Fsp3) is 0. The van der Waals surface area contributed by atoms with Crippen LogP contribution in [0.2, 0.25) is 0 Å². The first-order chi connectivity index (χ1) is 0. The van der Waals surface area contributed by atoms with Gasteiger partial charge in [-0.15, -0.1) is 0 Å². The van der Waals surface area contributed by atoms with E-state index in [-0.39, 0.29) is 108 Å². The van der Waals surface area contributed by atoms with Crippen molar-refractivity contribution in [3.63, 3.8) is 0 Å². The van der Waals surface area contributed by atoms with Crippen molar-refractivity contribution in [3.8, 4) is 0 Å². The van der Waals surface area contributed by atoms with Gasteiger partial charge in [0, 0.05) is 0 Å². The van der Waals surface area contributed by atoms with Crippen molar-refractivity contribution in [2.45, 2.75) is 0 Å². The van der Waals surface area contributed by atoms with Crippen LogP contribution in [0.3, 0.4) is 0 Å². The van der Waals surface area contributed by atoms with E-state index < -0.39 is 0 Å². The molecule has 0 unspecified atom stereocenters. The van der Waals surface area contributed by atoms with Gasteiger partial charge < -0.3 is 16.4 Å². The Morgan fingerprint density at radius 2 is 0.600 bits per heavy atom. The number of hydrogen-bond acceptors (Lipinski definition) is 0. The normalized spacial score (nSPS) is 0. The zero-order valence-corrected chi connectivity index (χ0v) is 12.2. The molecule has 5 heavy (non-hydrogen) atoms. The van der Waals surface area contributed by atoms with E-state index in [2.05, 4.69) is 0 Å². The van der Waals surface area contributed by atoms with Crippen LogP contribution in [-0.4, -0.2) is 0 Å². The topological polar surface area (TPSA) is 85.5 Å². The predicted octanol–water partition coefficient (Wildman–Crippen LogP) is -3.35. The Morgan fingerprint density at radius 1 is 0.600 bits per heavy atom. The van der Waals surface area contributed by atoms with Crippen LogP contribution in [0.25, 0.3) is 0 Å². The molecule has 0 aromatic heterocycles. The van der Waals surface area contributed by atoms with Crippen molar-refractivity contribution in [2.24, 2.45) is 0 Å². The Labute approximate surface area is 105 Å². The molecule has 0 amide bonds. The number of rotatable bonds is 0. The third-order valence-electron chi connectivity index (χ3n) is 0. The molecule has 0 saturated carbocycles. The van der Waals surface area contributed by atoms with E-state index >= 15 is 0 Å². The van der Waals surface area contributed by atoms with Gasteiger partial charge >= 0.3 is 91.3 Å². The summed E-state index contributed by atoms with van der Waals surface area (Å²) >= 11 is 0. The van der Waals surface area contributed by atoms with E-state index in [0.29, 0.717) is 0 Å². The molecule has 0 fully saturated rings. The maximum Gasteiger partial charge on any atom is 5.00 e. The van der Waals surface area contributed by atoms with E-state index in [0.717, 1.165) is 0 Å². The van der Waals surface area contributed by atoms with Gasteiger partial charge in [0.05, 0.1) is 0 Å². The van der Waals surface area contributed by atoms with Crippen molar-refractivity contribution in [3.05, 3.63) is 0 Å². The first kappa shape index (κ1) is 47.8. The van der Waals surface area contributed by atoms with Gasteiger partial charge in [0.15, 0.2) is 0 Å². The molecule has 0 aliphatic heterocycles. The van der Waals surface area contributed by atoms with Crippen molar-refractivity contribution in [2.75, 3.05) is 0 Å². The molecule has 24 valence electrons. The maximum atomic E-state index is 0. The Kier molecular flexibility index (Phi) is 288. The summed E-state index contributed by atoms with van der Waals surface area (Å²) in [7, 11) is 0. The molecule has 5 heteroatoms. The van der Waals surface area contributed by atoms with Crippen LogP contribution in [0.5, 0.6) is 0 Å². The summed E-state index contributed by atoms with van der Waals surface area (Å²) in [6.07, 6.45) is 0. The smallest absolute Gasteiger partial charge is 2.00 e. The van der Waals surface area contributed by atoms with Gasteiger partial charge in [0.2, 0.25) is 0 Å². The molecule has 3 nitrogen and oxygen atoms in total. The van der Waals surface area contributed by atoms with Crippen LogP contribution in [-0.2, 0) is 38.8 Å². The van der Waals surface area contributed by atoms with Gasteiger partial charge in [-0.05, 0) is 0 Å². The van der Waals surface area contributed by atoms with E-state index in [9.17, 15) is 0 Å². The predicted molar refractivity (Wildman–Crippen MR) is 2.06 cm³/mol. The third kappa shape index (κ3) is 20.4. The van der Waals surface area contributed by atoms with Crippen LogP contribution >= 0.6 is 0 Å². The molecule has 0 aromatic rings. The quantitative estimate of drug-likeness (QED) is 0.432. The van der Waals surface area contributed by atoms with Crippen molar-refractivity contribution < 1.29 is 108 Å². The molecular weight excluding hydrogens is 362 g/mol. The van der Waals surface area contributed by atoms with Crippen LogP contribution in [0.4, 0.5) is 0 Å². The molecular formula is CsO3Ta. The zero-order valence-electron chi connectivity index (χ0n) is 2.67. The minimum absolute atomic E-state index is 0. The second-order valence-corrected chi connectivity index (χ2v) is 0. The zero-order chi connectivity index (χ0) is 0. The van der Waals surface area contributed by atoms with E-state index in [1.54, 1.807) is 0 Å². The molecule has 0 heterocycles. The van der Waals surface area contributed by atoms with Gasteiger partial charge in [-0.3, -0.25) is 0 Å². The van der Waals surface area contributed by atoms with Gasteiger partial charge in [-0.2, -0.15) is 0 Å². The van der Waals surface area contributed by atoms with Crippen LogP contribution < -0.4 is 68.9 Å². The van der Waals surface area contributed by atoms with E-state index in [1.807, 2.05) is 0 Å². The van der Waals surface area contributed by atoms with Crippen LogP contribution in [0, 0.1) is 0 Å². The largest absolute Gasteiger partial charge is 5.00 e. The molecule has 0 aromatic carbocycles. The third-order valence-corrected chi connectivity index (χ3v) is 0. The Morgan fingerprint density at radius 3 is 0.600 bits per heavy atom. The summed E-state index contributed by atoms with van der Waals surface area (Å²) in [6, 6.07) is 0. The minimum atomic E-state index is 0. The second kappa shape index (κ2) is 30.1. The first-order valence-corrected chi connectivity index (χ1v) is 0. The monoisotopic (exact) mass is 362 g/mol. The summed E-state index contributed by atoms with van der Waals surface area (Å²) in [6.45, 7) is 0. The molecule has 0 aliphatic carbocycles. The Hall–Kier alpha value is 2.67. The molecule has 0 spiro atoms. The maximum absolute atomic E-state index is 0. The standard InChI is InChI=1S/Cs.3O.Ta/q+1;3*-2;+5. The molecule has 0 radical (unpaired) electrons.